The highest BCUT2D eigenvalue weighted by Crippen LogP contribution is 2.26. The maximum Gasteiger partial charge on any atom is 0.274 e. The van der Waals surface area contributed by atoms with Crippen molar-refractivity contribution in [1.29, 1.82) is 0 Å². The van der Waals surface area contributed by atoms with Gasteiger partial charge in [-0.1, -0.05) is 18.2 Å². The highest BCUT2D eigenvalue weighted by Gasteiger charge is 2.31. The lowest BCUT2D eigenvalue weighted by Gasteiger charge is -2.36. The van der Waals surface area contributed by atoms with Crippen molar-refractivity contribution < 1.29 is 4.79 Å². The van der Waals surface area contributed by atoms with Crippen molar-refractivity contribution in [3.63, 3.8) is 0 Å². The predicted octanol–water partition coefficient (Wildman–Crippen LogP) is 3.61. The second-order valence-corrected chi connectivity index (χ2v) is 9.75. The number of para-hydroxylation sites is 1. The largest absolute Gasteiger partial charge is 0.368 e. The number of nitrogens with zero attached hydrogens (tertiary/aromatic N) is 7. The summed E-state index contributed by atoms with van der Waals surface area (Å²) in [6.45, 7) is 8.47. The van der Waals surface area contributed by atoms with Crippen LogP contribution in [0.1, 0.15) is 34.4 Å². The molecule has 1 amide bonds. The first kappa shape index (κ1) is 23.5. The van der Waals surface area contributed by atoms with Crippen LogP contribution in [0.4, 0.5) is 5.69 Å². The van der Waals surface area contributed by atoms with E-state index in [-0.39, 0.29) is 5.91 Å². The van der Waals surface area contributed by atoms with Crippen LogP contribution in [-0.2, 0) is 26.1 Å². The van der Waals surface area contributed by atoms with Crippen molar-refractivity contribution >= 4 is 11.6 Å². The molecule has 1 aromatic carbocycles. The van der Waals surface area contributed by atoms with Gasteiger partial charge in [0.2, 0.25) is 0 Å². The zero-order chi connectivity index (χ0) is 25.2. The molecular weight excluding hydrogens is 462 g/mol. The molecule has 8 nitrogen and oxygen atoms in total. The molecule has 0 N–H and O–H groups in total. The minimum Gasteiger partial charge on any atom is -0.368 e. The fourth-order valence-electron chi connectivity index (χ4n) is 5.59. The number of pyridine rings is 1. The number of fused-ring (bicyclic) bond motifs is 1. The smallest absolute Gasteiger partial charge is 0.274 e. The molecule has 0 unspecified atom stereocenters. The molecule has 1 saturated heterocycles. The standard InChI is InChI=1S/C29H33N7O/c1-2-36-27-12-15-32(21-25-11-7-14-35(25)24-10-6-13-30-20-24)22-26(27)28(31-36)29(37)34-18-16-33(17-19-34)23-8-4-3-5-9-23/h3-11,13-14,20H,2,12,15-19,21-22H2,1H3. The molecule has 6 rings (SSSR count). The molecule has 0 radical (unpaired) electrons. The molecular formula is C29H33N7O. The Labute approximate surface area is 217 Å². The summed E-state index contributed by atoms with van der Waals surface area (Å²) in [5.41, 5.74) is 6.44. The van der Waals surface area contributed by atoms with Crippen molar-refractivity contribution in [1.82, 2.24) is 29.1 Å². The number of benzene rings is 1. The summed E-state index contributed by atoms with van der Waals surface area (Å²) in [5, 5.41) is 4.83. The fourth-order valence-corrected chi connectivity index (χ4v) is 5.59. The van der Waals surface area contributed by atoms with Gasteiger partial charge in [0.05, 0.1) is 11.9 Å². The van der Waals surface area contributed by atoms with E-state index >= 15 is 0 Å². The topological polar surface area (TPSA) is 62.4 Å². The quantitative estimate of drug-likeness (QED) is 0.409. The highest BCUT2D eigenvalue weighted by atomic mass is 16.2. The van der Waals surface area contributed by atoms with Crippen molar-refractivity contribution in [2.75, 3.05) is 37.6 Å². The number of carbonyl (C=O) groups is 1. The van der Waals surface area contributed by atoms with Gasteiger partial charge in [0.15, 0.2) is 5.69 Å². The van der Waals surface area contributed by atoms with Gasteiger partial charge < -0.3 is 14.4 Å². The van der Waals surface area contributed by atoms with Crippen LogP contribution in [0.5, 0.6) is 0 Å². The summed E-state index contributed by atoms with van der Waals surface area (Å²) < 4.78 is 4.23. The van der Waals surface area contributed by atoms with Gasteiger partial charge in [0.1, 0.15) is 0 Å². The number of hydrogen-bond acceptors (Lipinski definition) is 5. The van der Waals surface area contributed by atoms with E-state index in [1.54, 1.807) is 6.20 Å². The molecule has 3 aromatic heterocycles. The average molecular weight is 496 g/mol. The van der Waals surface area contributed by atoms with Gasteiger partial charge in [0.25, 0.3) is 5.91 Å². The molecule has 0 saturated carbocycles. The molecule has 0 bridgehead atoms. The van der Waals surface area contributed by atoms with Gasteiger partial charge in [-0.05, 0) is 43.3 Å². The zero-order valence-corrected chi connectivity index (χ0v) is 21.3. The van der Waals surface area contributed by atoms with Gasteiger partial charge in [-0.3, -0.25) is 19.4 Å². The maximum atomic E-state index is 13.7. The second kappa shape index (κ2) is 10.2. The molecule has 4 aromatic rings. The van der Waals surface area contributed by atoms with Crippen LogP contribution < -0.4 is 4.90 Å². The first-order chi connectivity index (χ1) is 18.2. The summed E-state index contributed by atoms with van der Waals surface area (Å²) in [5.74, 6) is 0.0664. The van der Waals surface area contributed by atoms with Crippen LogP contribution in [-0.4, -0.2) is 67.8 Å². The van der Waals surface area contributed by atoms with E-state index in [1.807, 2.05) is 27.9 Å². The third-order valence-electron chi connectivity index (χ3n) is 7.55. The van der Waals surface area contributed by atoms with E-state index in [2.05, 4.69) is 74.9 Å². The fraction of sp³-hybridized carbons (Fsp3) is 0.345. The molecule has 0 aliphatic carbocycles. The van der Waals surface area contributed by atoms with E-state index in [0.717, 1.165) is 56.9 Å². The molecule has 1 fully saturated rings. The number of hydrogen-bond donors (Lipinski definition) is 0. The Kier molecular flexibility index (Phi) is 6.49. The number of carbonyl (C=O) groups excluding carboxylic acids is 1. The lowest BCUT2D eigenvalue weighted by atomic mass is 10.0. The Balaban J connectivity index is 1.18. The molecule has 37 heavy (non-hydrogen) atoms. The lowest BCUT2D eigenvalue weighted by Crippen LogP contribution is -2.49. The Morgan fingerprint density at radius 2 is 1.73 bits per heavy atom. The minimum absolute atomic E-state index is 0.0664. The van der Waals surface area contributed by atoms with Crippen LogP contribution in [0.2, 0.25) is 0 Å². The summed E-state index contributed by atoms with van der Waals surface area (Å²) in [4.78, 5) is 24.7. The third kappa shape index (κ3) is 4.64. The van der Waals surface area contributed by atoms with E-state index in [0.29, 0.717) is 18.8 Å². The average Bonchev–Trinajstić information content (AvgIpc) is 3.58. The van der Waals surface area contributed by atoms with Crippen LogP contribution in [0.15, 0.2) is 73.2 Å². The minimum atomic E-state index is 0.0664. The Bertz CT molecular complexity index is 1350. The zero-order valence-electron chi connectivity index (χ0n) is 21.3. The van der Waals surface area contributed by atoms with Crippen molar-refractivity contribution in [3.8, 4) is 5.69 Å². The first-order valence-corrected chi connectivity index (χ1v) is 13.2. The number of aryl methyl sites for hydroxylation is 1. The van der Waals surface area contributed by atoms with Crippen molar-refractivity contribution in [2.45, 2.75) is 33.0 Å². The molecule has 190 valence electrons. The summed E-state index contributed by atoms with van der Waals surface area (Å²) in [7, 11) is 0. The Morgan fingerprint density at radius 3 is 2.49 bits per heavy atom. The predicted molar refractivity (Wildman–Crippen MR) is 144 cm³/mol. The number of piperazine rings is 1. The lowest BCUT2D eigenvalue weighted by molar-refractivity contribution is 0.0737. The van der Waals surface area contributed by atoms with E-state index in [9.17, 15) is 4.79 Å². The van der Waals surface area contributed by atoms with Gasteiger partial charge >= 0.3 is 0 Å². The molecule has 0 atom stereocenters. The van der Waals surface area contributed by atoms with Gasteiger partial charge in [-0.15, -0.1) is 0 Å². The van der Waals surface area contributed by atoms with Crippen LogP contribution in [0.3, 0.4) is 0 Å². The summed E-state index contributed by atoms with van der Waals surface area (Å²) >= 11 is 0. The Hall–Kier alpha value is -3.91. The summed E-state index contributed by atoms with van der Waals surface area (Å²) in [6.07, 6.45) is 6.67. The Morgan fingerprint density at radius 1 is 0.919 bits per heavy atom. The molecule has 2 aliphatic rings. The van der Waals surface area contributed by atoms with E-state index in [4.69, 9.17) is 5.10 Å². The number of amides is 1. The van der Waals surface area contributed by atoms with Gasteiger partial charge in [-0.2, -0.15) is 5.10 Å². The summed E-state index contributed by atoms with van der Waals surface area (Å²) in [6, 6.07) is 18.7. The van der Waals surface area contributed by atoms with Crippen molar-refractivity contribution in [2.24, 2.45) is 0 Å². The second-order valence-electron chi connectivity index (χ2n) is 9.75. The van der Waals surface area contributed by atoms with E-state index in [1.165, 1.54) is 17.1 Å². The first-order valence-electron chi connectivity index (χ1n) is 13.2. The maximum absolute atomic E-state index is 13.7. The normalized spacial score (nSPS) is 16.1. The van der Waals surface area contributed by atoms with Crippen LogP contribution in [0, 0.1) is 0 Å². The van der Waals surface area contributed by atoms with Gasteiger partial charge in [-0.25, -0.2) is 0 Å². The van der Waals surface area contributed by atoms with Crippen LogP contribution >= 0.6 is 0 Å². The highest BCUT2D eigenvalue weighted by molar-refractivity contribution is 5.94. The molecule has 5 heterocycles. The van der Waals surface area contributed by atoms with E-state index < -0.39 is 0 Å². The number of rotatable bonds is 6. The SMILES string of the molecule is CCn1nc(C(=O)N2CCN(c3ccccc3)CC2)c2c1CCN(Cc1cccn1-c1cccnc1)C2. The molecule has 0 spiro atoms. The van der Waals surface area contributed by atoms with Crippen molar-refractivity contribution in [3.05, 3.63) is 95.8 Å². The van der Waals surface area contributed by atoms with Gasteiger partial charge in [0, 0.05) is 93.8 Å². The molecule has 8 heteroatoms. The molecule has 2 aliphatic heterocycles. The van der Waals surface area contributed by atoms with Crippen LogP contribution in [0.25, 0.3) is 5.69 Å². The number of aromatic nitrogens is 4. The third-order valence-corrected chi connectivity index (χ3v) is 7.55. The number of anilines is 1. The monoisotopic (exact) mass is 495 g/mol.